The molecule has 2 heterocycles. The van der Waals surface area contributed by atoms with Gasteiger partial charge in [0.25, 0.3) is 0 Å². The van der Waals surface area contributed by atoms with Crippen LogP contribution in [0.1, 0.15) is 11.4 Å². The van der Waals surface area contributed by atoms with Gasteiger partial charge in [-0.25, -0.2) is 0 Å². The van der Waals surface area contributed by atoms with E-state index in [1.165, 1.54) is 0 Å². The van der Waals surface area contributed by atoms with Crippen molar-refractivity contribution >= 4 is 23.1 Å². The lowest BCUT2D eigenvalue weighted by Crippen LogP contribution is -2.02. The highest BCUT2D eigenvalue weighted by Gasteiger charge is 2.09. The van der Waals surface area contributed by atoms with E-state index >= 15 is 0 Å². The molecule has 90 valence electrons. The van der Waals surface area contributed by atoms with Gasteiger partial charge in [0.05, 0.1) is 0 Å². The van der Waals surface area contributed by atoms with Crippen molar-refractivity contribution < 1.29 is 0 Å². The lowest BCUT2D eigenvalue weighted by atomic mass is 10.1. The second kappa shape index (κ2) is 4.31. The molecule has 1 aromatic carbocycles. The van der Waals surface area contributed by atoms with Gasteiger partial charge in [0.2, 0.25) is 0 Å². The third kappa shape index (κ3) is 1.80. The summed E-state index contributed by atoms with van der Waals surface area (Å²) in [5.41, 5.74) is 7.70. The largest absolute Gasteiger partial charge is 0.385 e. The van der Waals surface area contributed by atoms with Gasteiger partial charge < -0.3 is 5.73 Å². The molecule has 5 heteroatoms. The summed E-state index contributed by atoms with van der Waals surface area (Å²) in [5, 5.41) is 8.99. The molecule has 0 fully saturated rings. The van der Waals surface area contributed by atoms with E-state index in [-0.39, 0.29) is 0 Å². The highest BCUT2D eigenvalue weighted by atomic mass is 35.5. The molecule has 3 aromatic rings. The highest BCUT2D eigenvalue weighted by Crippen LogP contribution is 2.19. The zero-order valence-electron chi connectivity index (χ0n) is 9.55. The number of pyridine rings is 1. The number of hydrogen-bond donors (Lipinski definition) is 1. The Kier molecular flexibility index (Phi) is 2.64. The second-order valence-electron chi connectivity index (χ2n) is 4.03. The number of rotatable bonds is 2. The molecule has 3 rings (SSSR count). The van der Waals surface area contributed by atoms with Crippen LogP contribution in [0.25, 0.3) is 5.65 Å². The lowest BCUT2D eigenvalue weighted by Gasteiger charge is -2.04. The number of hydrogen-bond acceptors (Lipinski definition) is 3. The Labute approximate surface area is 109 Å². The standard InChI is InChI=1S/C13H11ClN4/c14-10-5-2-1-4-9(10)8-13-17-16-12-7-3-6-11(15)18(12)13/h1-7H,8,15H2. The van der Waals surface area contributed by atoms with Gasteiger partial charge in [-0.2, -0.15) is 0 Å². The van der Waals surface area contributed by atoms with Crippen molar-refractivity contribution in [1.82, 2.24) is 14.6 Å². The summed E-state index contributed by atoms with van der Waals surface area (Å²) in [6.07, 6.45) is 0.606. The number of aromatic nitrogens is 3. The minimum Gasteiger partial charge on any atom is -0.385 e. The summed E-state index contributed by atoms with van der Waals surface area (Å²) in [4.78, 5) is 0. The first-order valence-electron chi connectivity index (χ1n) is 5.57. The van der Waals surface area contributed by atoms with Crippen LogP contribution in [0.3, 0.4) is 0 Å². The maximum atomic E-state index is 6.14. The molecular formula is C13H11ClN4. The molecule has 0 saturated carbocycles. The smallest absolute Gasteiger partial charge is 0.162 e. The number of nitrogens with two attached hydrogens (primary N) is 1. The van der Waals surface area contributed by atoms with Gasteiger partial charge >= 0.3 is 0 Å². The number of anilines is 1. The number of benzene rings is 1. The van der Waals surface area contributed by atoms with Crippen molar-refractivity contribution in [1.29, 1.82) is 0 Å². The first kappa shape index (κ1) is 11.0. The minimum atomic E-state index is 0.606. The van der Waals surface area contributed by atoms with Crippen LogP contribution >= 0.6 is 11.6 Å². The van der Waals surface area contributed by atoms with Gasteiger partial charge in [0.1, 0.15) is 11.6 Å². The Bertz CT molecular complexity index is 705. The van der Waals surface area contributed by atoms with E-state index in [0.717, 1.165) is 22.1 Å². The third-order valence-corrected chi connectivity index (χ3v) is 3.20. The van der Waals surface area contributed by atoms with Gasteiger partial charge in [-0.15, -0.1) is 10.2 Å². The molecule has 2 N–H and O–H groups in total. The maximum absolute atomic E-state index is 6.14. The fraction of sp³-hybridized carbons (Fsp3) is 0.0769. The Balaban J connectivity index is 2.09. The topological polar surface area (TPSA) is 56.2 Å². The fourth-order valence-corrected chi connectivity index (χ4v) is 2.16. The lowest BCUT2D eigenvalue weighted by molar-refractivity contribution is 0.939. The molecule has 0 unspecified atom stereocenters. The van der Waals surface area contributed by atoms with Crippen LogP contribution in [0.15, 0.2) is 42.5 Å². The average Bonchev–Trinajstić information content (AvgIpc) is 2.77. The van der Waals surface area contributed by atoms with Crippen LogP contribution in [0.5, 0.6) is 0 Å². The molecule has 2 aromatic heterocycles. The summed E-state index contributed by atoms with van der Waals surface area (Å²) >= 11 is 6.14. The van der Waals surface area contributed by atoms with Crippen molar-refractivity contribution in [3.05, 3.63) is 58.9 Å². The number of fused-ring (bicyclic) bond motifs is 1. The number of nitrogen functional groups attached to an aromatic ring is 1. The molecule has 0 aliphatic carbocycles. The molecule has 4 nitrogen and oxygen atoms in total. The fourth-order valence-electron chi connectivity index (χ4n) is 1.95. The van der Waals surface area contributed by atoms with E-state index in [9.17, 15) is 0 Å². The summed E-state index contributed by atoms with van der Waals surface area (Å²) in [6, 6.07) is 13.3. The van der Waals surface area contributed by atoms with Crippen molar-refractivity contribution in [3.63, 3.8) is 0 Å². The first-order chi connectivity index (χ1) is 8.75. The predicted molar refractivity (Wildman–Crippen MR) is 71.7 cm³/mol. The van der Waals surface area contributed by atoms with Crippen LogP contribution in [0, 0.1) is 0 Å². The van der Waals surface area contributed by atoms with Crippen LogP contribution < -0.4 is 5.73 Å². The SMILES string of the molecule is Nc1cccc2nnc(Cc3ccccc3Cl)n12. The van der Waals surface area contributed by atoms with Crippen molar-refractivity contribution in [2.24, 2.45) is 0 Å². The average molecular weight is 259 g/mol. The zero-order chi connectivity index (χ0) is 12.5. The van der Waals surface area contributed by atoms with E-state index < -0.39 is 0 Å². The molecule has 0 radical (unpaired) electrons. The Morgan fingerprint density at radius 2 is 1.89 bits per heavy atom. The molecule has 0 bridgehead atoms. The van der Waals surface area contributed by atoms with Gasteiger partial charge in [-0.1, -0.05) is 35.9 Å². The quantitative estimate of drug-likeness (QED) is 0.769. The molecule has 0 aliphatic rings. The van der Waals surface area contributed by atoms with E-state index in [4.69, 9.17) is 17.3 Å². The number of nitrogens with zero attached hydrogens (tertiary/aromatic N) is 3. The summed E-state index contributed by atoms with van der Waals surface area (Å²) in [6.45, 7) is 0. The van der Waals surface area contributed by atoms with E-state index in [2.05, 4.69) is 10.2 Å². The molecular weight excluding hydrogens is 248 g/mol. The van der Waals surface area contributed by atoms with Crippen LogP contribution in [-0.4, -0.2) is 14.6 Å². The minimum absolute atomic E-state index is 0.606. The Morgan fingerprint density at radius 1 is 1.06 bits per heavy atom. The normalized spacial score (nSPS) is 10.9. The summed E-state index contributed by atoms with van der Waals surface area (Å²) in [7, 11) is 0. The molecule has 0 atom stereocenters. The zero-order valence-corrected chi connectivity index (χ0v) is 10.3. The Hall–Kier alpha value is -2.07. The van der Waals surface area contributed by atoms with E-state index in [0.29, 0.717) is 12.2 Å². The van der Waals surface area contributed by atoms with Crippen molar-refractivity contribution in [2.75, 3.05) is 5.73 Å². The van der Waals surface area contributed by atoms with Crippen LogP contribution in [0.2, 0.25) is 5.02 Å². The highest BCUT2D eigenvalue weighted by molar-refractivity contribution is 6.31. The second-order valence-corrected chi connectivity index (χ2v) is 4.44. The summed E-state index contributed by atoms with van der Waals surface area (Å²) < 4.78 is 1.84. The molecule has 0 amide bonds. The van der Waals surface area contributed by atoms with E-state index in [1.54, 1.807) is 0 Å². The van der Waals surface area contributed by atoms with Gasteiger partial charge in [0.15, 0.2) is 5.65 Å². The molecule has 0 saturated heterocycles. The van der Waals surface area contributed by atoms with Gasteiger partial charge in [-0.05, 0) is 23.8 Å². The number of halogens is 1. The van der Waals surface area contributed by atoms with Crippen LogP contribution in [-0.2, 0) is 6.42 Å². The Morgan fingerprint density at radius 3 is 2.72 bits per heavy atom. The monoisotopic (exact) mass is 258 g/mol. The van der Waals surface area contributed by atoms with Gasteiger partial charge in [-0.3, -0.25) is 4.40 Å². The van der Waals surface area contributed by atoms with E-state index in [1.807, 2.05) is 46.9 Å². The molecule has 0 aliphatic heterocycles. The molecule has 18 heavy (non-hydrogen) atoms. The van der Waals surface area contributed by atoms with Crippen LogP contribution in [0.4, 0.5) is 5.82 Å². The summed E-state index contributed by atoms with van der Waals surface area (Å²) in [5.74, 6) is 1.41. The van der Waals surface area contributed by atoms with Gasteiger partial charge in [0, 0.05) is 11.4 Å². The first-order valence-corrected chi connectivity index (χ1v) is 5.95. The van der Waals surface area contributed by atoms with Crippen molar-refractivity contribution in [3.8, 4) is 0 Å². The third-order valence-electron chi connectivity index (χ3n) is 2.83. The maximum Gasteiger partial charge on any atom is 0.162 e. The predicted octanol–water partition coefficient (Wildman–Crippen LogP) is 2.56. The molecule has 0 spiro atoms. The van der Waals surface area contributed by atoms with Crippen molar-refractivity contribution in [2.45, 2.75) is 6.42 Å².